The molecule has 2 amide bonds. The fourth-order valence-corrected chi connectivity index (χ4v) is 5.17. The largest absolute Gasteiger partial charge is 0.457 e. The molecule has 2 saturated heterocycles. The smallest absolute Gasteiger partial charge is 0.246 e. The molecular weight excluding hydrogens is 474 g/mol. The van der Waals surface area contributed by atoms with E-state index in [-0.39, 0.29) is 29.6 Å². The van der Waals surface area contributed by atoms with Crippen molar-refractivity contribution in [3.63, 3.8) is 0 Å². The van der Waals surface area contributed by atoms with Crippen molar-refractivity contribution in [2.24, 2.45) is 5.41 Å². The van der Waals surface area contributed by atoms with Crippen LogP contribution in [0.25, 0.3) is 0 Å². The van der Waals surface area contributed by atoms with E-state index in [9.17, 15) is 9.59 Å². The Kier molecular flexibility index (Phi) is 9.07. The predicted molar refractivity (Wildman–Crippen MR) is 145 cm³/mol. The number of amides is 2. The van der Waals surface area contributed by atoms with E-state index in [0.29, 0.717) is 19.4 Å². The summed E-state index contributed by atoms with van der Waals surface area (Å²) in [5, 5.41) is 3.10. The van der Waals surface area contributed by atoms with Crippen molar-refractivity contribution in [3.8, 4) is 11.5 Å². The molecule has 0 aromatic heterocycles. The molecule has 0 saturated carbocycles. The van der Waals surface area contributed by atoms with Crippen LogP contribution < -0.4 is 10.1 Å². The van der Waals surface area contributed by atoms with E-state index in [1.807, 2.05) is 68.1 Å². The van der Waals surface area contributed by atoms with Crippen molar-refractivity contribution in [3.05, 3.63) is 60.2 Å². The molecule has 2 aromatic carbocycles. The van der Waals surface area contributed by atoms with Gasteiger partial charge < -0.3 is 15.0 Å². The third-order valence-corrected chi connectivity index (χ3v) is 7.32. The van der Waals surface area contributed by atoms with Gasteiger partial charge in [-0.3, -0.25) is 14.5 Å². The van der Waals surface area contributed by atoms with Crippen LogP contribution in [0.4, 0.5) is 0 Å². The van der Waals surface area contributed by atoms with Gasteiger partial charge in [-0.05, 0) is 54.5 Å². The van der Waals surface area contributed by atoms with E-state index in [0.717, 1.165) is 44.0 Å². The zero-order valence-electron chi connectivity index (χ0n) is 22.0. The SMILES string of the molecule is CCCCN1C(=O)[C@H](C(C)(C)C)NC(=O)C12CCN(Cc1ccc(Oc3ccccc3)cc1)CC2.Cl. The summed E-state index contributed by atoms with van der Waals surface area (Å²) >= 11 is 0. The lowest BCUT2D eigenvalue weighted by atomic mass is 9.77. The number of hydrogen-bond acceptors (Lipinski definition) is 4. The molecular formula is C29H40ClN3O3. The number of likely N-dealkylation sites (tertiary alicyclic amines) is 1. The molecule has 0 radical (unpaired) electrons. The summed E-state index contributed by atoms with van der Waals surface area (Å²) in [6.45, 7) is 11.2. The van der Waals surface area contributed by atoms with E-state index in [4.69, 9.17) is 4.74 Å². The van der Waals surface area contributed by atoms with Crippen molar-refractivity contribution >= 4 is 24.2 Å². The van der Waals surface area contributed by atoms with Crippen LogP contribution in [0.15, 0.2) is 54.6 Å². The van der Waals surface area contributed by atoms with Gasteiger partial charge in [0.05, 0.1) is 0 Å². The van der Waals surface area contributed by atoms with Gasteiger partial charge in [-0.25, -0.2) is 0 Å². The lowest BCUT2D eigenvalue weighted by Crippen LogP contribution is -2.74. The average molecular weight is 514 g/mol. The van der Waals surface area contributed by atoms with Crippen molar-refractivity contribution in [1.82, 2.24) is 15.1 Å². The van der Waals surface area contributed by atoms with E-state index in [1.54, 1.807) is 0 Å². The Bertz CT molecular complexity index is 1010. The number of piperazine rings is 1. The zero-order valence-corrected chi connectivity index (χ0v) is 22.8. The molecule has 2 aliphatic heterocycles. The molecule has 0 unspecified atom stereocenters. The first kappa shape index (κ1) is 28.0. The van der Waals surface area contributed by atoms with Gasteiger partial charge in [0.25, 0.3) is 0 Å². The molecule has 1 N–H and O–H groups in total. The van der Waals surface area contributed by atoms with Gasteiger partial charge in [0.1, 0.15) is 23.1 Å². The van der Waals surface area contributed by atoms with Gasteiger partial charge in [-0.2, -0.15) is 0 Å². The Morgan fingerprint density at radius 3 is 2.17 bits per heavy atom. The average Bonchev–Trinajstić information content (AvgIpc) is 2.84. The lowest BCUT2D eigenvalue weighted by Gasteiger charge is -2.53. The molecule has 0 aliphatic carbocycles. The van der Waals surface area contributed by atoms with Crippen LogP contribution >= 0.6 is 12.4 Å². The molecule has 2 fully saturated rings. The molecule has 2 heterocycles. The third-order valence-electron chi connectivity index (χ3n) is 7.32. The number of unbranched alkanes of at least 4 members (excludes halogenated alkanes) is 1. The number of nitrogens with zero attached hydrogens (tertiary/aromatic N) is 2. The van der Waals surface area contributed by atoms with Crippen LogP contribution in [0.3, 0.4) is 0 Å². The van der Waals surface area contributed by atoms with E-state index < -0.39 is 11.6 Å². The maximum atomic E-state index is 13.5. The number of halogens is 1. The Labute approximate surface area is 221 Å². The van der Waals surface area contributed by atoms with E-state index in [1.165, 1.54) is 5.56 Å². The molecule has 6 nitrogen and oxygen atoms in total. The fourth-order valence-electron chi connectivity index (χ4n) is 5.17. The van der Waals surface area contributed by atoms with Crippen molar-refractivity contribution in [2.45, 2.75) is 71.5 Å². The molecule has 0 bridgehead atoms. The van der Waals surface area contributed by atoms with Crippen molar-refractivity contribution < 1.29 is 14.3 Å². The van der Waals surface area contributed by atoms with Gasteiger partial charge in [-0.15, -0.1) is 12.4 Å². The number of benzene rings is 2. The number of piperidine rings is 1. The minimum atomic E-state index is -0.724. The Morgan fingerprint density at radius 1 is 0.972 bits per heavy atom. The summed E-state index contributed by atoms with van der Waals surface area (Å²) in [5.41, 5.74) is 0.175. The lowest BCUT2D eigenvalue weighted by molar-refractivity contribution is -0.164. The van der Waals surface area contributed by atoms with Gasteiger partial charge >= 0.3 is 0 Å². The van der Waals surface area contributed by atoms with Gasteiger partial charge in [-0.1, -0.05) is 64.4 Å². The number of carbonyl (C=O) groups excluding carboxylic acids is 2. The Hall–Kier alpha value is -2.57. The second-order valence-corrected chi connectivity index (χ2v) is 11.0. The van der Waals surface area contributed by atoms with Crippen LogP contribution in [-0.4, -0.2) is 52.8 Å². The van der Waals surface area contributed by atoms with Crippen molar-refractivity contribution in [2.75, 3.05) is 19.6 Å². The number of hydrogen-bond donors (Lipinski definition) is 1. The van der Waals surface area contributed by atoms with Gasteiger partial charge in [0.15, 0.2) is 0 Å². The van der Waals surface area contributed by atoms with Crippen molar-refractivity contribution in [1.29, 1.82) is 0 Å². The molecule has 2 aliphatic rings. The standard InChI is InChI=1S/C29H39N3O3.ClH/c1-5-6-18-32-26(33)25(28(2,3)4)30-27(34)29(32)16-19-31(20-17-29)21-22-12-14-24(15-13-22)35-23-10-8-7-9-11-23;/h7-15,25H,5-6,16-21H2,1-4H3,(H,30,34);1H/t25-;/m1./s1. The van der Waals surface area contributed by atoms with Crippen LogP contribution in [0.1, 0.15) is 58.9 Å². The zero-order chi connectivity index (χ0) is 25.1. The fraction of sp³-hybridized carbons (Fsp3) is 0.517. The quantitative estimate of drug-likeness (QED) is 0.538. The highest BCUT2D eigenvalue weighted by molar-refractivity contribution is 6.00. The second kappa shape index (κ2) is 11.7. The van der Waals surface area contributed by atoms with Crippen LogP contribution in [-0.2, 0) is 16.1 Å². The number of carbonyl (C=O) groups is 2. The third kappa shape index (κ3) is 6.04. The number of para-hydroxylation sites is 1. The number of rotatable bonds is 7. The highest BCUT2D eigenvalue weighted by Gasteiger charge is 2.55. The summed E-state index contributed by atoms with van der Waals surface area (Å²) in [6.07, 6.45) is 3.25. The number of ether oxygens (including phenoxy) is 1. The highest BCUT2D eigenvalue weighted by Crippen LogP contribution is 2.37. The van der Waals surface area contributed by atoms with Gasteiger partial charge in [0.2, 0.25) is 11.8 Å². The summed E-state index contributed by atoms with van der Waals surface area (Å²) in [4.78, 5) is 31.3. The first-order valence-corrected chi connectivity index (χ1v) is 12.9. The second-order valence-electron chi connectivity index (χ2n) is 11.0. The molecule has 4 rings (SSSR count). The van der Waals surface area contributed by atoms with E-state index in [2.05, 4.69) is 29.3 Å². The van der Waals surface area contributed by atoms with Gasteiger partial charge in [0, 0.05) is 26.2 Å². The molecule has 7 heteroatoms. The maximum absolute atomic E-state index is 13.5. The summed E-state index contributed by atoms with van der Waals surface area (Å²) in [7, 11) is 0. The van der Waals surface area contributed by atoms with E-state index >= 15 is 0 Å². The maximum Gasteiger partial charge on any atom is 0.246 e. The molecule has 1 spiro atoms. The first-order chi connectivity index (χ1) is 16.7. The Morgan fingerprint density at radius 2 is 1.58 bits per heavy atom. The minimum absolute atomic E-state index is 0. The predicted octanol–water partition coefficient (Wildman–Crippen LogP) is 5.41. The van der Waals surface area contributed by atoms with Crippen LogP contribution in [0, 0.1) is 5.41 Å². The molecule has 2 aromatic rings. The first-order valence-electron chi connectivity index (χ1n) is 12.9. The molecule has 36 heavy (non-hydrogen) atoms. The topological polar surface area (TPSA) is 61.9 Å². The summed E-state index contributed by atoms with van der Waals surface area (Å²) in [6, 6.07) is 17.5. The molecule has 1 atom stereocenters. The van der Waals surface area contributed by atoms with Crippen LogP contribution in [0.5, 0.6) is 11.5 Å². The highest BCUT2D eigenvalue weighted by atomic mass is 35.5. The summed E-state index contributed by atoms with van der Waals surface area (Å²) in [5.74, 6) is 1.74. The monoisotopic (exact) mass is 513 g/mol. The minimum Gasteiger partial charge on any atom is -0.457 e. The molecule has 196 valence electrons. The summed E-state index contributed by atoms with van der Waals surface area (Å²) < 4.78 is 5.90. The number of nitrogens with one attached hydrogen (secondary N) is 1. The Balaban J connectivity index is 0.00000361. The van der Waals surface area contributed by atoms with Crippen LogP contribution in [0.2, 0.25) is 0 Å². The normalized spacial score (nSPS) is 20.1.